The summed E-state index contributed by atoms with van der Waals surface area (Å²) in [6.45, 7) is 4.90. The molecule has 20 heavy (non-hydrogen) atoms. The Bertz CT molecular complexity index is 598. The molecule has 7 heteroatoms. The summed E-state index contributed by atoms with van der Waals surface area (Å²) >= 11 is 0. The third kappa shape index (κ3) is 2.56. The summed E-state index contributed by atoms with van der Waals surface area (Å²) in [6, 6.07) is 0. The van der Waals surface area contributed by atoms with E-state index < -0.39 is 5.97 Å². The predicted octanol–water partition coefficient (Wildman–Crippen LogP) is 1.81. The maximum atomic E-state index is 11.3. The van der Waals surface area contributed by atoms with Gasteiger partial charge in [0.15, 0.2) is 5.69 Å². The smallest absolute Gasteiger partial charge is 0.358 e. The number of hydrogen-bond acceptors (Lipinski definition) is 4. The molecule has 0 fully saturated rings. The zero-order valence-electron chi connectivity index (χ0n) is 11.9. The van der Waals surface area contributed by atoms with Crippen molar-refractivity contribution in [2.24, 2.45) is 13.0 Å². The minimum atomic E-state index is -1.07. The van der Waals surface area contributed by atoms with Crippen LogP contribution >= 0.6 is 0 Å². The molecule has 0 aliphatic heterocycles. The molecule has 2 rings (SSSR count). The second kappa shape index (κ2) is 5.85. The van der Waals surface area contributed by atoms with E-state index >= 15 is 0 Å². The number of aromatic carboxylic acids is 1. The Morgan fingerprint density at radius 1 is 1.40 bits per heavy atom. The number of rotatable bonds is 6. The van der Waals surface area contributed by atoms with Crippen LogP contribution in [0, 0.1) is 5.92 Å². The topological polar surface area (TPSA) is 85.8 Å². The molecule has 0 spiro atoms. The van der Waals surface area contributed by atoms with Gasteiger partial charge >= 0.3 is 5.97 Å². The number of carboxylic acids is 1. The van der Waals surface area contributed by atoms with Crippen LogP contribution < -0.4 is 0 Å². The molecular weight excluding hydrogens is 258 g/mol. The third-order valence-corrected chi connectivity index (χ3v) is 3.58. The molecule has 0 saturated carbocycles. The molecule has 2 heterocycles. The molecule has 0 aliphatic rings. The van der Waals surface area contributed by atoms with E-state index in [0.29, 0.717) is 23.9 Å². The first kappa shape index (κ1) is 14.2. The quantitative estimate of drug-likeness (QED) is 0.870. The van der Waals surface area contributed by atoms with Crippen LogP contribution in [0.25, 0.3) is 11.4 Å². The van der Waals surface area contributed by atoms with Crippen molar-refractivity contribution in [3.05, 3.63) is 18.2 Å². The summed E-state index contributed by atoms with van der Waals surface area (Å²) < 4.78 is 3.45. The van der Waals surface area contributed by atoms with Crippen molar-refractivity contribution in [3.8, 4) is 11.4 Å². The average molecular weight is 277 g/mol. The number of carbonyl (C=O) groups is 1. The lowest BCUT2D eigenvalue weighted by molar-refractivity contribution is 0.0691. The van der Waals surface area contributed by atoms with E-state index in [-0.39, 0.29) is 5.69 Å². The fourth-order valence-electron chi connectivity index (χ4n) is 2.22. The summed E-state index contributed by atoms with van der Waals surface area (Å²) in [7, 11) is 1.82. The zero-order valence-corrected chi connectivity index (χ0v) is 11.9. The second-order valence-corrected chi connectivity index (χ2v) is 4.85. The summed E-state index contributed by atoms with van der Waals surface area (Å²) in [5.74, 6) is -0.623. The van der Waals surface area contributed by atoms with E-state index in [1.54, 1.807) is 21.8 Å². The lowest BCUT2D eigenvalue weighted by Gasteiger charge is -2.14. The minimum absolute atomic E-state index is 0.0282. The van der Waals surface area contributed by atoms with E-state index in [9.17, 15) is 9.90 Å². The Morgan fingerprint density at radius 3 is 2.60 bits per heavy atom. The number of nitrogens with zero attached hydrogens (tertiary/aromatic N) is 5. The first-order valence-corrected chi connectivity index (χ1v) is 6.71. The molecule has 7 nitrogen and oxygen atoms in total. The highest BCUT2D eigenvalue weighted by Crippen LogP contribution is 2.23. The van der Waals surface area contributed by atoms with Crippen LogP contribution in [0.2, 0.25) is 0 Å². The monoisotopic (exact) mass is 277 g/mol. The van der Waals surface area contributed by atoms with Crippen molar-refractivity contribution in [1.29, 1.82) is 0 Å². The normalized spacial score (nSPS) is 11.2. The van der Waals surface area contributed by atoms with Crippen LogP contribution in [0.15, 0.2) is 12.5 Å². The van der Waals surface area contributed by atoms with Crippen LogP contribution in [0.5, 0.6) is 0 Å². The number of hydrogen-bond donors (Lipinski definition) is 1. The average Bonchev–Trinajstić information content (AvgIpc) is 3.01. The maximum absolute atomic E-state index is 11.3. The Balaban J connectivity index is 2.48. The van der Waals surface area contributed by atoms with Crippen molar-refractivity contribution >= 4 is 5.97 Å². The summed E-state index contributed by atoms with van der Waals surface area (Å²) in [5, 5.41) is 17.1. The predicted molar refractivity (Wildman–Crippen MR) is 73.3 cm³/mol. The molecule has 0 aliphatic carbocycles. The van der Waals surface area contributed by atoms with E-state index in [1.807, 2.05) is 7.05 Å². The second-order valence-electron chi connectivity index (χ2n) is 4.85. The van der Waals surface area contributed by atoms with E-state index in [1.165, 1.54) is 0 Å². The largest absolute Gasteiger partial charge is 0.476 e. The molecule has 0 amide bonds. The van der Waals surface area contributed by atoms with Crippen molar-refractivity contribution in [3.63, 3.8) is 0 Å². The molecule has 0 atom stereocenters. The highest BCUT2D eigenvalue weighted by Gasteiger charge is 2.23. The molecular formula is C13H19N5O2. The highest BCUT2D eigenvalue weighted by molar-refractivity contribution is 5.92. The van der Waals surface area contributed by atoms with E-state index in [2.05, 4.69) is 29.1 Å². The van der Waals surface area contributed by atoms with Gasteiger partial charge in [-0.15, -0.1) is 5.10 Å². The third-order valence-electron chi connectivity index (χ3n) is 3.58. The van der Waals surface area contributed by atoms with Crippen LogP contribution in [-0.4, -0.2) is 35.6 Å². The van der Waals surface area contributed by atoms with Gasteiger partial charge < -0.3 is 9.67 Å². The highest BCUT2D eigenvalue weighted by atomic mass is 16.4. The molecule has 1 N–H and O–H groups in total. The summed E-state index contributed by atoms with van der Waals surface area (Å²) in [6.07, 6.45) is 5.30. The van der Waals surface area contributed by atoms with Gasteiger partial charge in [-0.2, -0.15) is 0 Å². The van der Waals surface area contributed by atoms with Gasteiger partial charge in [0.1, 0.15) is 5.69 Å². The SMILES string of the molecule is CCC(CC)Cn1nnc(C(=O)O)c1-c1cncn1C. The van der Waals surface area contributed by atoms with Gasteiger partial charge in [0.25, 0.3) is 0 Å². The molecule has 2 aromatic rings. The molecule has 0 unspecified atom stereocenters. The van der Waals surface area contributed by atoms with Crippen LogP contribution in [0.1, 0.15) is 37.2 Å². The molecule has 108 valence electrons. The summed E-state index contributed by atoms with van der Waals surface area (Å²) in [4.78, 5) is 15.4. The van der Waals surface area contributed by atoms with E-state index in [0.717, 1.165) is 12.8 Å². The maximum Gasteiger partial charge on any atom is 0.358 e. The van der Waals surface area contributed by atoms with Gasteiger partial charge in [0, 0.05) is 13.6 Å². The lowest BCUT2D eigenvalue weighted by atomic mass is 10.0. The number of imidazole rings is 1. The number of carboxylic acid groups (broad SMARTS) is 1. The molecule has 0 saturated heterocycles. The Labute approximate surface area is 117 Å². The first-order chi connectivity index (χ1) is 9.58. The molecule has 0 bridgehead atoms. The van der Waals surface area contributed by atoms with Crippen molar-refractivity contribution in [2.45, 2.75) is 33.2 Å². The number of aryl methyl sites for hydroxylation is 1. The zero-order chi connectivity index (χ0) is 14.7. The van der Waals surface area contributed by atoms with Crippen molar-refractivity contribution in [2.75, 3.05) is 0 Å². The Hall–Kier alpha value is -2.18. The van der Waals surface area contributed by atoms with Gasteiger partial charge in [-0.3, -0.25) is 0 Å². The minimum Gasteiger partial charge on any atom is -0.476 e. The fourth-order valence-corrected chi connectivity index (χ4v) is 2.22. The molecule has 0 aromatic carbocycles. The van der Waals surface area contributed by atoms with Crippen LogP contribution in [0.3, 0.4) is 0 Å². The van der Waals surface area contributed by atoms with Gasteiger partial charge in [-0.05, 0) is 5.92 Å². The fraction of sp³-hybridized carbons (Fsp3) is 0.538. The van der Waals surface area contributed by atoms with Gasteiger partial charge in [-0.25, -0.2) is 14.5 Å². The number of aromatic nitrogens is 5. The van der Waals surface area contributed by atoms with Gasteiger partial charge in [0.2, 0.25) is 0 Å². The Morgan fingerprint density at radius 2 is 2.10 bits per heavy atom. The molecule has 2 aromatic heterocycles. The van der Waals surface area contributed by atoms with Gasteiger partial charge in [0.05, 0.1) is 18.2 Å². The standard InChI is InChI=1S/C13H19N5O2/c1-4-9(5-2)7-18-12(10-6-14-8-17(10)3)11(13(19)20)15-16-18/h6,8-9H,4-5,7H2,1-3H3,(H,19,20). The van der Waals surface area contributed by atoms with E-state index in [4.69, 9.17) is 0 Å². The van der Waals surface area contributed by atoms with Crippen LogP contribution in [-0.2, 0) is 13.6 Å². The van der Waals surface area contributed by atoms with Crippen LogP contribution in [0.4, 0.5) is 0 Å². The van der Waals surface area contributed by atoms with Crippen molar-refractivity contribution in [1.82, 2.24) is 24.5 Å². The lowest BCUT2D eigenvalue weighted by Crippen LogP contribution is -2.13. The van der Waals surface area contributed by atoms with Gasteiger partial charge in [-0.1, -0.05) is 31.9 Å². The van der Waals surface area contributed by atoms with Crippen molar-refractivity contribution < 1.29 is 9.90 Å². The first-order valence-electron chi connectivity index (χ1n) is 6.71. The molecule has 0 radical (unpaired) electrons. The Kier molecular flexibility index (Phi) is 4.16. The summed E-state index contributed by atoms with van der Waals surface area (Å²) in [5.41, 5.74) is 1.20.